The van der Waals surface area contributed by atoms with Crippen molar-refractivity contribution in [2.24, 2.45) is 23.7 Å². The van der Waals surface area contributed by atoms with Crippen LogP contribution in [-0.4, -0.2) is 140 Å². The third kappa shape index (κ3) is 14.2. The summed E-state index contributed by atoms with van der Waals surface area (Å²) in [5, 5.41) is 59.0. The van der Waals surface area contributed by atoms with Gasteiger partial charge in [0.1, 0.15) is 17.8 Å². The van der Waals surface area contributed by atoms with Gasteiger partial charge in [0, 0.05) is 36.1 Å². The molecule has 13 nitrogen and oxygen atoms in total. The molecule has 3 saturated heterocycles. The molecule has 0 radical (unpaired) electrons. The normalized spacial score (nSPS) is 41.0. The van der Waals surface area contributed by atoms with E-state index in [9.17, 15) is 30.3 Å². The topological polar surface area (TPSA) is 174 Å². The Bertz CT molecular complexity index is 1430. The van der Waals surface area contributed by atoms with Gasteiger partial charge in [-0.05, 0) is 129 Å². The Labute approximate surface area is 357 Å². The Morgan fingerprint density at radius 2 is 1.66 bits per heavy atom. The Kier molecular flexibility index (Phi) is 19.1. The summed E-state index contributed by atoms with van der Waals surface area (Å²) in [6.07, 6.45) is -2.11. The number of anilines is 1. The smallest absolute Gasteiger partial charge is 0.311 e. The van der Waals surface area contributed by atoms with Crippen LogP contribution in [0, 0.1) is 23.7 Å². The number of carbonyl (C=O) groups is 1. The molecule has 16 atom stereocenters. The van der Waals surface area contributed by atoms with E-state index in [4.69, 9.17) is 42.8 Å². The second kappa shape index (κ2) is 21.9. The zero-order valence-corrected chi connectivity index (χ0v) is 38.4. The van der Waals surface area contributed by atoms with E-state index in [2.05, 4.69) is 10.2 Å². The Morgan fingerprint density at radius 1 is 1.00 bits per heavy atom. The molecule has 3 fully saturated rings. The van der Waals surface area contributed by atoms with Gasteiger partial charge in [0.15, 0.2) is 17.7 Å². The number of ether oxygens (including phenoxy) is 4. The molecule has 4 rings (SSSR count). The molecule has 3 aliphatic heterocycles. The molecule has 1 aromatic carbocycles. The first-order valence-corrected chi connectivity index (χ1v) is 21.8. The monoisotopic (exact) mass is 859 g/mol. The summed E-state index contributed by atoms with van der Waals surface area (Å²) in [7, 11) is 4.07. The lowest BCUT2D eigenvalue weighted by molar-refractivity contribution is -0.262. The maximum absolute atomic E-state index is 13.8. The van der Waals surface area contributed by atoms with Crippen molar-refractivity contribution in [3.05, 3.63) is 29.3 Å². The summed E-state index contributed by atoms with van der Waals surface area (Å²) < 4.78 is 23.7. The molecular formula is C43H74ClN3O10S. The molecule has 0 spiro atoms. The minimum absolute atomic E-state index is 0.0713. The number of hydrogen-bond donors (Lipinski definition) is 6. The fourth-order valence-electron chi connectivity index (χ4n) is 8.89. The van der Waals surface area contributed by atoms with Gasteiger partial charge in [-0.25, -0.2) is 0 Å². The molecule has 3 aliphatic rings. The van der Waals surface area contributed by atoms with Gasteiger partial charge in [-0.1, -0.05) is 45.4 Å². The zero-order chi connectivity index (χ0) is 43.9. The number of nitrogens with one attached hydrogen (secondary N) is 1. The minimum Gasteiger partial charge on any atom is -0.459 e. The third-order valence-electron chi connectivity index (χ3n) is 12.1. The molecule has 0 amide bonds. The molecule has 0 saturated carbocycles. The molecule has 334 valence electrons. The maximum Gasteiger partial charge on any atom is 0.311 e. The first-order chi connectivity index (χ1) is 26.9. The van der Waals surface area contributed by atoms with E-state index in [0.29, 0.717) is 47.7 Å². The molecule has 15 heteroatoms. The lowest BCUT2D eigenvalue weighted by atomic mass is 9.80. The first-order valence-electron chi connectivity index (χ1n) is 21.0. The number of nitrogens with zero attached hydrogens (tertiary/aromatic N) is 2. The fraction of sp³-hybridized carbons (Fsp3) is 0.814. The summed E-state index contributed by atoms with van der Waals surface area (Å²) in [5.41, 5.74) is -2.33. The van der Waals surface area contributed by atoms with E-state index in [1.54, 1.807) is 57.7 Å². The molecule has 8 unspecified atom stereocenters. The standard InChI is InChI=1S/C35H57ClN2O8S.C8H17NO2/c1-10-27-35(9,43)31(40)23(6)38(33(47)37-26-13-11-12-25(36)15-26)18-19(2)16-34(8,42)17-21(4)30(22(5)32(41)45-27)46-28-14-20(3)29(39)24(7)44-28;1-6-4-7(9(2)3)5-8(10)11-6/h11-13,15,19-24,27-31,39-40,42-43H,10,14,16-18H2,1-9H3,(H,37,47);6-8,10H,4-5H2,1-3H3/t19-,20?,21-,22?,23?,24?,27-,28+,29-,30+,31?,34-,35-;/m1./s1. The summed E-state index contributed by atoms with van der Waals surface area (Å²) in [6.45, 7) is 18.5. The molecule has 58 heavy (non-hydrogen) atoms. The van der Waals surface area contributed by atoms with Crippen molar-refractivity contribution in [2.45, 2.75) is 180 Å². The maximum atomic E-state index is 13.8. The van der Waals surface area contributed by atoms with Crippen LogP contribution in [0.15, 0.2) is 24.3 Å². The number of esters is 1. The lowest BCUT2D eigenvalue weighted by Gasteiger charge is -2.44. The number of cyclic esters (lactones) is 1. The van der Waals surface area contributed by atoms with Crippen molar-refractivity contribution in [3.63, 3.8) is 0 Å². The summed E-state index contributed by atoms with van der Waals surface area (Å²) in [6, 6.07) is 6.87. The van der Waals surface area contributed by atoms with E-state index in [1.165, 1.54) is 6.92 Å². The predicted octanol–water partition coefficient (Wildman–Crippen LogP) is 5.57. The van der Waals surface area contributed by atoms with Crippen LogP contribution in [0.3, 0.4) is 0 Å². The van der Waals surface area contributed by atoms with Crippen molar-refractivity contribution in [3.8, 4) is 0 Å². The van der Waals surface area contributed by atoms with E-state index < -0.39 is 72.2 Å². The fourth-order valence-corrected chi connectivity index (χ4v) is 9.44. The first kappa shape index (κ1) is 50.7. The Balaban J connectivity index is 0.000000703. The average Bonchev–Trinajstić information content (AvgIpc) is 3.11. The number of thiocarbonyl (C=S) groups is 1. The van der Waals surface area contributed by atoms with E-state index in [0.717, 1.165) is 12.8 Å². The van der Waals surface area contributed by atoms with Gasteiger partial charge in [-0.15, -0.1) is 0 Å². The third-order valence-corrected chi connectivity index (χ3v) is 12.7. The molecular weight excluding hydrogens is 786 g/mol. The van der Waals surface area contributed by atoms with Gasteiger partial charge >= 0.3 is 5.97 Å². The molecule has 0 bridgehead atoms. The van der Waals surface area contributed by atoms with E-state index >= 15 is 0 Å². The molecule has 0 aliphatic carbocycles. The second-order valence-corrected chi connectivity index (χ2v) is 19.0. The molecule has 6 N–H and O–H groups in total. The van der Waals surface area contributed by atoms with Gasteiger partial charge in [0.25, 0.3) is 0 Å². The number of benzene rings is 1. The van der Waals surface area contributed by atoms with Gasteiger partial charge in [0.05, 0.1) is 42.0 Å². The van der Waals surface area contributed by atoms with Gasteiger partial charge in [-0.2, -0.15) is 0 Å². The average molecular weight is 861 g/mol. The highest BCUT2D eigenvalue weighted by Crippen LogP contribution is 2.36. The lowest BCUT2D eigenvalue weighted by Crippen LogP contribution is -2.61. The number of carbonyl (C=O) groups excluding carboxylic acids is 1. The quantitative estimate of drug-likeness (QED) is 0.160. The summed E-state index contributed by atoms with van der Waals surface area (Å²) >= 11 is 12.0. The minimum atomic E-state index is -1.85. The van der Waals surface area contributed by atoms with Gasteiger partial charge < -0.3 is 59.6 Å². The van der Waals surface area contributed by atoms with E-state index in [1.807, 2.05) is 47.9 Å². The highest BCUT2D eigenvalue weighted by molar-refractivity contribution is 7.80. The Morgan fingerprint density at radius 3 is 2.22 bits per heavy atom. The van der Waals surface area contributed by atoms with Crippen LogP contribution in [0.2, 0.25) is 5.02 Å². The summed E-state index contributed by atoms with van der Waals surface area (Å²) in [5.74, 6) is -1.88. The van der Waals surface area contributed by atoms with Crippen LogP contribution < -0.4 is 5.32 Å². The number of aliphatic hydroxyl groups is 5. The van der Waals surface area contributed by atoms with E-state index in [-0.39, 0.29) is 30.3 Å². The Hall–Kier alpha value is -1.69. The SMILES string of the molecule is CC1CC(N(C)C)CC(O)O1.CC[C@H]1OC(=O)C(C)[C@@H](O[C@H]2CC(C)[C@@H](O)C(C)O2)[C@H](C)C[C@](C)(O)C[C@@H](C)CN(C(=S)Nc2cccc(Cl)c2)C(C)C(O)[C@]1(C)O. The number of aliphatic hydroxyl groups excluding tert-OH is 3. The van der Waals surface area contributed by atoms with Gasteiger partial charge in [0.2, 0.25) is 0 Å². The van der Waals surface area contributed by atoms with Crippen LogP contribution in [-0.2, 0) is 23.7 Å². The van der Waals surface area contributed by atoms with Crippen molar-refractivity contribution >= 4 is 40.6 Å². The van der Waals surface area contributed by atoms with Crippen LogP contribution in [0.4, 0.5) is 5.69 Å². The number of halogens is 1. The van der Waals surface area contributed by atoms with Crippen LogP contribution in [0.1, 0.15) is 108 Å². The largest absolute Gasteiger partial charge is 0.459 e. The second-order valence-electron chi connectivity index (χ2n) is 18.2. The van der Waals surface area contributed by atoms with Crippen LogP contribution >= 0.6 is 23.8 Å². The highest BCUT2D eigenvalue weighted by Gasteiger charge is 2.47. The van der Waals surface area contributed by atoms with Gasteiger partial charge in [-0.3, -0.25) is 4.79 Å². The number of rotatable bonds is 5. The zero-order valence-electron chi connectivity index (χ0n) is 36.8. The van der Waals surface area contributed by atoms with Crippen LogP contribution in [0.5, 0.6) is 0 Å². The molecule has 3 heterocycles. The van der Waals surface area contributed by atoms with Crippen molar-refractivity contribution in [1.82, 2.24) is 9.80 Å². The van der Waals surface area contributed by atoms with Crippen molar-refractivity contribution in [1.29, 1.82) is 0 Å². The summed E-state index contributed by atoms with van der Waals surface area (Å²) in [4.78, 5) is 17.7. The predicted molar refractivity (Wildman–Crippen MR) is 230 cm³/mol. The van der Waals surface area contributed by atoms with Crippen molar-refractivity contribution in [2.75, 3.05) is 26.0 Å². The van der Waals surface area contributed by atoms with Crippen molar-refractivity contribution < 1.29 is 49.3 Å². The molecule has 0 aromatic heterocycles. The van der Waals surface area contributed by atoms with Crippen LogP contribution in [0.25, 0.3) is 0 Å². The molecule has 1 aromatic rings. The highest BCUT2D eigenvalue weighted by atomic mass is 35.5. The number of hydrogen-bond acceptors (Lipinski definition) is 12.